The Bertz CT molecular complexity index is 731. The number of nitrogens with one attached hydrogen (secondary N) is 1. The highest BCUT2D eigenvalue weighted by Crippen LogP contribution is 2.25. The van der Waals surface area contributed by atoms with Crippen molar-refractivity contribution >= 4 is 11.8 Å². The Hall–Kier alpha value is -2.79. The first-order chi connectivity index (χ1) is 11.7. The van der Waals surface area contributed by atoms with Crippen LogP contribution in [0.3, 0.4) is 0 Å². The van der Waals surface area contributed by atoms with Crippen LogP contribution in [0.5, 0.6) is 0 Å². The van der Waals surface area contributed by atoms with Gasteiger partial charge in [-0.3, -0.25) is 0 Å². The van der Waals surface area contributed by atoms with Crippen molar-refractivity contribution in [2.75, 3.05) is 30.4 Å². The fraction of sp³-hybridized carbons (Fsp3) is 0.438. The van der Waals surface area contributed by atoms with E-state index in [4.69, 9.17) is 10.00 Å². The summed E-state index contributed by atoms with van der Waals surface area (Å²) < 4.78 is 5.51. The van der Waals surface area contributed by atoms with Crippen LogP contribution in [-0.2, 0) is 4.74 Å². The Balaban J connectivity index is 1.73. The smallest absolute Gasteiger partial charge is 0.224 e. The quantitative estimate of drug-likeness (QED) is 0.874. The van der Waals surface area contributed by atoms with Crippen molar-refractivity contribution in [3.05, 3.63) is 36.0 Å². The summed E-state index contributed by atoms with van der Waals surface area (Å²) in [6.07, 6.45) is 4.31. The maximum atomic E-state index is 9.02. The molecule has 8 nitrogen and oxygen atoms in total. The minimum atomic E-state index is 0.153. The Morgan fingerprint density at radius 2 is 2.33 bits per heavy atom. The van der Waals surface area contributed by atoms with Gasteiger partial charge in [-0.05, 0) is 25.5 Å². The number of hydrogen-bond acceptors (Lipinski definition) is 8. The predicted octanol–water partition coefficient (Wildman–Crippen LogP) is 1.15. The third-order valence-corrected chi connectivity index (χ3v) is 4.03. The molecule has 3 heterocycles. The van der Waals surface area contributed by atoms with E-state index in [1.165, 1.54) is 0 Å². The highest BCUT2D eigenvalue weighted by atomic mass is 16.5. The lowest BCUT2D eigenvalue weighted by Crippen LogP contribution is -2.36. The van der Waals surface area contributed by atoms with Gasteiger partial charge in [0.15, 0.2) is 0 Å². The van der Waals surface area contributed by atoms with E-state index in [-0.39, 0.29) is 12.1 Å². The van der Waals surface area contributed by atoms with Gasteiger partial charge in [0.05, 0.1) is 12.1 Å². The molecule has 1 aliphatic heterocycles. The van der Waals surface area contributed by atoms with E-state index in [0.29, 0.717) is 18.2 Å². The number of aryl methyl sites for hydroxylation is 1. The average Bonchev–Trinajstić information content (AvgIpc) is 3.03. The van der Waals surface area contributed by atoms with E-state index in [2.05, 4.69) is 30.2 Å². The van der Waals surface area contributed by atoms with Crippen molar-refractivity contribution in [3.63, 3.8) is 0 Å². The van der Waals surface area contributed by atoms with Crippen LogP contribution in [0.1, 0.15) is 17.8 Å². The number of methoxy groups -OCH3 is 1. The van der Waals surface area contributed by atoms with Crippen molar-refractivity contribution in [2.24, 2.45) is 0 Å². The summed E-state index contributed by atoms with van der Waals surface area (Å²) in [5.74, 6) is 1.34. The number of aromatic nitrogens is 4. The fourth-order valence-electron chi connectivity index (χ4n) is 2.89. The molecule has 0 aromatic carbocycles. The van der Waals surface area contributed by atoms with Gasteiger partial charge in [0.2, 0.25) is 5.95 Å². The minimum Gasteiger partial charge on any atom is -0.380 e. The largest absolute Gasteiger partial charge is 0.380 e. The van der Waals surface area contributed by atoms with Crippen LogP contribution in [0.15, 0.2) is 24.7 Å². The SMILES string of the molecule is CO[C@@H]1C[C@H](CNc2nc(C)cc(C#N)n2)N(c2ccncn2)C1. The van der Waals surface area contributed by atoms with E-state index >= 15 is 0 Å². The lowest BCUT2D eigenvalue weighted by molar-refractivity contribution is 0.118. The zero-order valence-corrected chi connectivity index (χ0v) is 13.7. The number of rotatable bonds is 5. The first kappa shape index (κ1) is 16.1. The van der Waals surface area contributed by atoms with Gasteiger partial charge in [-0.25, -0.2) is 19.9 Å². The summed E-state index contributed by atoms with van der Waals surface area (Å²) in [6, 6.07) is 5.79. The number of hydrogen-bond donors (Lipinski definition) is 1. The van der Waals surface area contributed by atoms with Crippen molar-refractivity contribution in [1.29, 1.82) is 5.26 Å². The van der Waals surface area contributed by atoms with Crippen LogP contribution in [0.2, 0.25) is 0 Å². The number of nitriles is 1. The van der Waals surface area contributed by atoms with Crippen LogP contribution in [0.4, 0.5) is 11.8 Å². The third kappa shape index (κ3) is 3.58. The molecule has 0 bridgehead atoms. The standard InChI is InChI=1S/C16H19N7O/c1-11-5-12(7-17)22-16(21-11)19-8-13-6-14(24-2)9-23(13)15-3-4-18-10-20-15/h3-5,10,13-14H,6,8-9H2,1-2H3,(H,19,21,22)/t13-,14-/m1/s1. The summed E-state index contributed by atoms with van der Waals surface area (Å²) in [5.41, 5.74) is 1.12. The Labute approximate surface area is 140 Å². The Morgan fingerprint density at radius 1 is 1.46 bits per heavy atom. The van der Waals surface area contributed by atoms with Gasteiger partial charge >= 0.3 is 0 Å². The van der Waals surface area contributed by atoms with Crippen LogP contribution >= 0.6 is 0 Å². The van der Waals surface area contributed by atoms with Crippen molar-refractivity contribution in [3.8, 4) is 6.07 Å². The highest BCUT2D eigenvalue weighted by Gasteiger charge is 2.33. The molecular weight excluding hydrogens is 306 g/mol. The first-order valence-corrected chi connectivity index (χ1v) is 7.74. The lowest BCUT2D eigenvalue weighted by Gasteiger charge is -2.25. The van der Waals surface area contributed by atoms with Gasteiger partial charge in [0, 0.05) is 32.1 Å². The number of nitrogens with zero attached hydrogens (tertiary/aromatic N) is 6. The summed E-state index contributed by atoms with van der Waals surface area (Å²) in [6.45, 7) is 3.26. The maximum Gasteiger partial charge on any atom is 0.224 e. The molecule has 8 heteroatoms. The van der Waals surface area contributed by atoms with Gasteiger partial charge in [-0.15, -0.1) is 0 Å². The first-order valence-electron chi connectivity index (χ1n) is 7.74. The topological polar surface area (TPSA) is 99.8 Å². The second-order valence-corrected chi connectivity index (χ2v) is 5.68. The van der Waals surface area contributed by atoms with Gasteiger partial charge in [0.1, 0.15) is 23.9 Å². The summed E-state index contributed by atoms with van der Waals surface area (Å²) >= 11 is 0. The van der Waals surface area contributed by atoms with Gasteiger partial charge in [-0.2, -0.15) is 5.26 Å². The van der Waals surface area contributed by atoms with Gasteiger partial charge < -0.3 is 15.0 Å². The normalized spacial score (nSPS) is 20.0. The molecule has 1 N–H and O–H groups in total. The minimum absolute atomic E-state index is 0.153. The van der Waals surface area contributed by atoms with Gasteiger partial charge in [0.25, 0.3) is 0 Å². The number of anilines is 2. The molecule has 0 radical (unpaired) electrons. The van der Waals surface area contributed by atoms with E-state index < -0.39 is 0 Å². The van der Waals surface area contributed by atoms with Crippen LogP contribution in [0, 0.1) is 18.3 Å². The number of ether oxygens (including phenoxy) is 1. The molecule has 0 aliphatic carbocycles. The van der Waals surface area contributed by atoms with Crippen molar-refractivity contribution in [2.45, 2.75) is 25.5 Å². The maximum absolute atomic E-state index is 9.02. The molecule has 24 heavy (non-hydrogen) atoms. The van der Waals surface area contributed by atoms with Crippen molar-refractivity contribution in [1.82, 2.24) is 19.9 Å². The monoisotopic (exact) mass is 325 g/mol. The Morgan fingerprint density at radius 3 is 3.04 bits per heavy atom. The summed E-state index contributed by atoms with van der Waals surface area (Å²) in [5, 5.41) is 12.2. The molecule has 1 aliphatic rings. The molecule has 0 saturated carbocycles. The van der Waals surface area contributed by atoms with Crippen LogP contribution in [-0.4, -0.2) is 52.3 Å². The fourth-order valence-corrected chi connectivity index (χ4v) is 2.89. The molecular formula is C16H19N7O. The highest BCUT2D eigenvalue weighted by molar-refractivity contribution is 5.42. The molecule has 124 valence electrons. The summed E-state index contributed by atoms with van der Waals surface area (Å²) in [4.78, 5) is 19.0. The second-order valence-electron chi connectivity index (χ2n) is 5.68. The molecule has 2 aromatic heterocycles. The van der Waals surface area contributed by atoms with Crippen LogP contribution in [0.25, 0.3) is 0 Å². The van der Waals surface area contributed by atoms with Gasteiger partial charge in [-0.1, -0.05) is 0 Å². The van der Waals surface area contributed by atoms with Crippen LogP contribution < -0.4 is 10.2 Å². The zero-order chi connectivity index (χ0) is 16.9. The third-order valence-electron chi connectivity index (χ3n) is 4.03. The molecule has 1 fully saturated rings. The van der Waals surface area contributed by atoms with E-state index in [1.54, 1.807) is 25.7 Å². The Kier molecular flexibility index (Phi) is 4.82. The average molecular weight is 325 g/mol. The molecule has 0 spiro atoms. The van der Waals surface area contributed by atoms with E-state index in [9.17, 15) is 0 Å². The van der Waals surface area contributed by atoms with Crippen molar-refractivity contribution < 1.29 is 4.74 Å². The second kappa shape index (κ2) is 7.19. The summed E-state index contributed by atoms with van der Waals surface area (Å²) in [7, 11) is 1.72. The molecule has 1 saturated heterocycles. The lowest BCUT2D eigenvalue weighted by atomic mass is 10.2. The molecule has 2 atom stereocenters. The zero-order valence-electron chi connectivity index (χ0n) is 13.7. The molecule has 2 aromatic rings. The molecule has 3 rings (SSSR count). The van der Waals surface area contributed by atoms with E-state index in [0.717, 1.165) is 24.5 Å². The predicted molar refractivity (Wildman–Crippen MR) is 88.6 cm³/mol. The molecule has 0 amide bonds. The van der Waals surface area contributed by atoms with E-state index in [1.807, 2.05) is 19.1 Å². The molecule has 0 unspecified atom stereocenters.